The number of ether oxygens (including phenoxy) is 1. The minimum atomic E-state index is -1.10. The highest BCUT2D eigenvalue weighted by molar-refractivity contribution is 8.26. The third kappa shape index (κ3) is 3.75. The van der Waals surface area contributed by atoms with Gasteiger partial charge in [-0.05, 0) is 12.1 Å². The van der Waals surface area contributed by atoms with Gasteiger partial charge in [0, 0.05) is 5.56 Å². The van der Waals surface area contributed by atoms with Crippen molar-refractivity contribution >= 4 is 46.3 Å². The Balaban J connectivity index is 2.14. The maximum absolute atomic E-state index is 12.0. The molecule has 0 spiro atoms. The first-order chi connectivity index (χ1) is 10.5. The molecule has 1 aliphatic rings. The van der Waals surface area contributed by atoms with Crippen LogP contribution in [0, 0.1) is 0 Å². The number of allylic oxidation sites excluding steroid dienone is 2. The number of carbonyl (C=O) groups excluding carboxylic acids is 1. The Labute approximate surface area is 137 Å². The van der Waals surface area contributed by atoms with E-state index in [1.54, 1.807) is 19.3 Å². The van der Waals surface area contributed by atoms with E-state index in [1.807, 2.05) is 30.3 Å². The summed E-state index contributed by atoms with van der Waals surface area (Å²) in [4.78, 5) is 24.2. The first-order valence-corrected chi connectivity index (χ1v) is 7.52. The molecule has 0 saturated carbocycles. The number of carbonyl (C=O) groups is 2. The molecule has 1 fully saturated rings. The summed E-state index contributed by atoms with van der Waals surface area (Å²) in [6.45, 7) is -0.418. The van der Waals surface area contributed by atoms with Gasteiger partial charge >= 0.3 is 5.97 Å². The van der Waals surface area contributed by atoms with Crippen molar-refractivity contribution in [1.82, 2.24) is 4.90 Å². The lowest BCUT2D eigenvalue weighted by atomic mass is 10.2. The van der Waals surface area contributed by atoms with Gasteiger partial charge in [0.25, 0.3) is 5.91 Å². The Morgan fingerprint density at radius 2 is 2.18 bits per heavy atom. The van der Waals surface area contributed by atoms with Gasteiger partial charge in [-0.15, -0.1) is 0 Å². The third-order valence-electron chi connectivity index (χ3n) is 2.83. The van der Waals surface area contributed by atoms with Crippen molar-refractivity contribution in [2.45, 2.75) is 0 Å². The molecule has 1 aromatic rings. The maximum Gasteiger partial charge on any atom is 0.323 e. The summed E-state index contributed by atoms with van der Waals surface area (Å²) in [6, 6.07) is 7.48. The Kier molecular flexibility index (Phi) is 5.35. The SMILES string of the molecule is COc1ccccc1/C=C/C=C1\SC(=S)N(CC(=O)O)C1=O. The van der Waals surface area contributed by atoms with E-state index in [9.17, 15) is 9.59 Å². The Hall–Kier alpha value is -2.12. The van der Waals surface area contributed by atoms with Crippen LogP contribution in [0.15, 0.2) is 41.3 Å². The predicted molar refractivity (Wildman–Crippen MR) is 89.6 cm³/mol. The summed E-state index contributed by atoms with van der Waals surface area (Å²) in [5, 5.41) is 8.77. The molecule has 0 radical (unpaired) electrons. The lowest BCUT2D eigenvalue weighted by Gasteiger charge is -2.09. The van der Waals surface area contributed by atoms with Gasteiger partial charge in [0.2, 0.25) is 0 Å². The van der Waals surface area contributed by atoms with Crippen LogP contribution in [-0.2, 0) is 9.59 Å². The van der Waals surface area contributed by atoms with Gasteiger partial charge in [-0.3, -0.25) is 14.5 Å². The molecule has 0 aliphatic carbocycles. The number of carboxylic acid groups (broad SMARTS) is 1. The fourth-order valence-electron chi connectivity index (χ4n) is 1.83. The summed E-state index contributed by atoms with van der Waals surface area (Å²) in [5.74, 6) is -0.755. The highest BCUT2D eigenvalue weighted by atomic mass is 32.2. The monoisotopic (exact) mass is 335 g/mol. The highest BCUT2D eigenvalue weighted by Crippen LogP contribution is 2.30. The summed E-state index contributed by atoms with van der Waals surface area (Å²) < 4.78 is 5.48. The topological polar surface area (TPSA) is 66.8 Å². The standard InChI is InChI=1S/C15H13NO4S2/c1-20-11-7-3-2-5-10(11)6-4-8-12-14(19)16(9-13(17)18)15(21)22-12/h2-8H,9H2,1H3,(H,17,18)/b6-4+,12-8-. The van der Waals surface area contributed by atoms with Gasteiger partial charge in [0.15, 0.2) is 0 Å². The average molecular weight is 335 g/mol. The lowest BCUT2D eigenvalue weighted by molar-refractivity contribution is -0.140. The minimum Gasteiger partial charge on any atom is -0.496 e. The van der Waals surface area contributed by atoms with Crippen LogP contribution in [0.5, 0.6) is 5.75 Å². The number of rotatable bonds is 5. The molecular formula is C15H13NO4S2. The number of aliphatic carboxylic acids is 1. The number of thiocarbonyl (C=S) groups is 1. The van der Waals surface area contributed by atoms with Crippen LogP contribution in [0.25, 0.3) is 6.08 Å². The third-order valence-corrected chi connectivity index (χ3v) is 4.23. The molecule has 1 amide bonds. The molecule has 1 N–H and O–H groups in total. The van der Waals surface area contributed by atoms with Crippen LogP contribution in [0.1, 0.15) is 5.56 Å². The van der Waals surface area contributed by atoms with E-state index in [2.05, 4.69) is 0 Å². The van der Waals surface area contributed by atoms with Crippen molar-refractivity contribution in [1.29, 1.82) is 0 Å². The second-order valence-electron chi connectivity index (χ2n) is 4.28. The van der Waals surface area contributed by atoms with Crippen LogP contribution >= 0.6 is 24.0 Å². The minimum absolute atomic E-state index is 0.254. The molecule has 5 nitrogen and oxygen atoms in total. The Morgan fingerprint density at radius 1 is 1.45 bits per heavy atom. The number of amides is 1. The molecular weight excluding hydrogens is 322 g/mol. The van der Waals surface area contributed by atoms with Crippen LogP contribution in [-0.4, -0.2) is 39.9 Å². The van der Waals surface area contributed by atoms with E-state index in [-0.39, 0.29) is 10.2 Å². The molecule has 1 aliphatic heterocycles. The summed E-state index contributed by atoms with van der Waals surface area (Å²) in [5.41, 5.74) is 0.877. The van der Waals surface area contributed by atoms with Crippen LogP contribution in [0.2, 0.25) is 0 Å². The van der Waals surface area contributed by atoms with Crippen LogP contribution < -0.4 is 4.74 Å². The second kappa shape index (κ2) is 7.24. The van der Waals surface area contributed by atoms with E-state index < -0.39 is 12.5 Å². The van der Waals surface area contributed by atoms with Gasteiger partial charge in [-0.1, -0.05) is 54.3 Å². The molecule has 0 unspecified atom stereocenters. The van der Waals surface area contributed by atoms with Crippen molar-refractivity contribution in [2.24, 2.45) is 0 Å². The summed E-state index contributed by atoms with van der Waals surface area (Å²) in [7, 11) is 1.59. The zero-order valence-corrected chi connectivity index (χ0v) is 13.3. The van der Waals surface area contributed by atoms with E-state index in [0.29, 0.717) is 4.91 Å². The summed E-state index contributed by atoms with van der Waals surface area (Å²) in [6.07, 6.45) is 5.14. The number of methoxy groups -OCH3 is 1. The second-order valence-corrected chi connectivity index (χ2v) is 5.96. The van der Waals surface area contributed by atoms with Gasteiger partial charge in [-0.2, -0.15) is 0 Å². The molecule has 1 saturated heterocycles. The largest absolute Gasteiger partial charge is 0.496 e. The average Bonchev–Trinajstić information content (AvgIpc) is 2.75. The Bertz CT molecular complexity index is 682. The normalized spacial score (nSPS) is 16.8. The van der Waals surface area contributed by atoms with Crippen LogP contribution in [0.3, 0.4) is 0 Å². The van der Waals surface area contributed by atoms with Gasteiger partial charge < -0.3 is 9.84 Å². The predicted octanol–water partition coefficient (Wildman–Crippen LogP) is 2.54. The number of benzene rings is 1. The summed E-state index contributed by atoms with van der Waals surface area (Å²) >= 11 is 6.11. The van der Waals surface area contributed by atoms with Gasteiger partial charge in [0.05, 0.1) is 12.0 Å². The van der Waals surface area contributed by atoms with E-state index in [1.165, 1.54) is 0 Å². The molecule has 7 heteroatoms. The van der Waals surface area contributed by atoms with E-state index in [0.717, 1.165) is 28.0 Å². The zero-order valence-electron chi connectivity index (χ0n) is 11.7. The van der Waals surface area contributed by atoms with Crippen LogP contribution in [0.4, 0.5) is 0 Å². The number of carboxylic acids is 1. The van der Waals surface area contributed by atoms with Gasteiger partial charge in [0.1, 0.15) is 16.6 Å². The van der Waals surface area contributed by atoms with Crippen molar-refractivity contribution < 1.29 is 19.4 Å². The number of nitrogens with zero attached hydrogens (tertiary/aromatic N) is 1. The number of para-hydroxylation sites is 1. The van der Waals surface area contributed by atoms with Crippen molar-refractivity contribution in [2.75, 3.05) is 13.7 Å². The fourth-order valence-corrected chi connectivity index (χ4v) is 3.04. The molecule has 22 heavy (non-hydrogen) atoms. The molecule has 0 aromatic heterocycles. The molecule has 0 bridgehead atoms. The highest BCUT2D eigenvalue weighted by Gasteiger charge is 2.32. The van der Waals surface area contributed by atoms with E-state index in [4.69, 9.17) is 22.1 Å². The smallest absolute Gasteiger partial charge is 0.323 e. The molecule has 1 heterocycles. The first-order valence-electron chi connectivity index (χ1n) is 6.29. The number of hydrogen-bond acceptors (Lipinski definition) is 5. The number of thioether (sulfide) groups is 1. The number of hydrogen-bond donors (Lipinski definition) is 1. The molecule has 114 valence electrons. The zero-order chi connectivity index (χ0) is 16.1. The van der Waals surface area contributed by atoms with E-state index >= 15 is 0 Å². The quantitative estimate of drug-likeness (QED) is 0.659. The van der Waals surface area contributed by atoms with Crippen molar-refractivity contribution in [3.05, 3.63) is 46.9 Å². The van der Waals surface area contributed by atoms with Crippen molar-refractivity contribution in [3.63, 3.8) is 0 Å². The van der Waals surface area contributed by atoms with Crippen molar-refractivity contribution in [3.8, 4) is 5.75 Å². The molecule has 2 rings (SSSR count). The Morgan fingerprint density at radius 3 is 2.86 bits per heavy atom. The maximum atomic E-state index is 12.0. The van der Waals surface area contributed by atoms with Gasteiger partial charge in [-0.25, -0.2) is 0 Å². The first kappa shape index (κ1) is 16.3. The molecule has 0 atom stereocenters. The fraction of sp³-hybridized carbons (Fsp3) is 0.133. The lowest BCUT2D eigenvalue weighted by Crippen LogP contribution is -2.33. The molecule has 1 aromatic carbocycles.